The number of anilines is 1. The molecular weight excluding hydrogens is 414 g/mol. The highest BCUT2D eigenvalue weighted by atomic mass is 32.2. The third kappa shape index (κ3) is 4.36. The maximum Gasteiger partial charge on any atom is 0.269 e. The van der Waals surface area contributed by atoms with Gasteiger partial charge in [-0.25, -0.2) is 13.1 Å². The summed E-state index contributed by atoms with van der Waals surface area (Å²) in [6.45, 7) is 0. The number of hydrazine groups is 1. The van der Waals surface area contributed by atoms with Gasteiger partial charge in [0.2, 0.25) is 10.0 Å². The Morgan fingerprint density at radius 3 is 2.48 bits per heavy atom. The van der Waals surface area contributed by atoms with Crippen LogP contribution in [0.4, 0.5) is 5.69 Å². The van der Waals surface area contributed by atoms with Crippen molar-refractivity contribution in [2.75, 3.05) is 5.43 Å². The molecule has 5 N–H and O–H groups in total. The Hall–Kier alpha value is -3.02. The van der Waals surface area contributed by atoms with Crippen molar-refractivity contribution in [1.82, 2.24) is 20.1 Å². The highest BCUT2D eigenvalue weighted by molar-refractivity contribution is 7.89. The van der Waals surface area contributed by atoms with Gasteiger partial charge in [0.05, 0.1) is 21.5 Å². The van der Waals surface area contributed by atoms with Crippen LogP contribution >= 0.6 is 12.2 Å². The summed E-state index contributed by atoms with van der Waals surface area (Å²) in [5.74, 6) is -0.432. The SMILES string of the molecule is O=C(NNc1ccc(S(=O)(=O)NC2CC2)cc1)c1ccc2c(=O)[nH]c(=S)[nH]c2c1. The molecule has 4 rings (SSSR count). The maximum atomic E-state index is 12.4. The summed E-state index contributed by atoms with van der Waals surface area (Å²) in [5.41, 5.74) is 6.20. The van der Waals surface area contributed by atoms with Crippen LogP contribution in [0.5, 0.6) is 0 Å². The number of hydrogen-bond acceptors (Lipinski definition) is 6. The van der Waals surface area contributed by atoms with Crippen LogP contribution in [0, 0.1) is 4.77 Å². The van der Waals surface area contributed by atoms with Gasteiger partial charge in [-0.1, -0.05) is 0 Å². The molecule has 0 atom stereocenters. The van der Waals surface area contributed by atoms with E-state index in [-0.39, 0.29) is 21.3 Å². The first kappa shape index (κ1) is 19.3. The Balaban J connectivity index is 1.45. The molecule has 0 spiro atoms. The molecule has 0 unspecified atom stereocenters. The molecule has 9 nitrogen and oxygen atoms in total. The van der Waals surface area contributed by atoms with Crippen molar-refractivity contribution in [1.29, 1.82) is 0 Å². The zero-order chi connectivity index (χ0) is 20.6. The van der Waals surface area contributed by atoms with Crippen LogP contribution in [-0.2, 0) is 10.0 Å². The van der Waals surface area contributed by atoms with E-state index in [4.69, 9.17) is 12.2 Å². The van der Waals surface area contributed by atoms with E-state index in [2.05, 4.69) is 25.5 Å². The van der Waals surface area contributed by atoms with E-state index < -0.39 is 15.9 Å². The Labute approximate surface area is 170 Å². The van der Waals surface area contributed by atoms with E-state index >= 15 is 0 Å². The van der Waals surface area contributed by atoms with Crippen molar-refractivity contribution in [3.63, 3.8) is 0 Å². The normalized spacial score (nSPS) is 13.9. The number of carbonyl (C=O) groups is 1. The largest absolute Gasteiger partial charge is 0.332 e. The number of aromatic amines is 2. The van der Waals surface area contributed by atoms with Gasteiger partial charge in [-0.2, -0.15) is 0 Å². The molecule has 1 aliphatic rings. The Kier molecular flexibility index (Phi) is 4.94. The number of aromatic nitrogens is 2. The van der Waals surface area contributed by atoms with Crippen LogP contribution in [0.2, 0.25) is 0 Å². The zero-order valence-electron chi connectivity index (χ0n) is 15.0. The highest BCUT2D eigenvalue weighted by Crippen LogP contribution is 2.22. The maximum absolute atomic E-state index is 12.4. The Morgan fingerprint density at radius 1 is 1.07 bits per heavy atom. The first-order chi connectivity index (χ1) is 13.8. The Morgan fingerprint density at radius 2 is 1.79 bits per heavy atom. The predicted octanol–water partition coefficient (Wildman–Crippen LogP) is 1.78. The first-order valence-electron chi connectivity index (χ1n) is 8.77. The molecule has 0 aliphatic heterocycles. The summed E-state index contributed by atoms with van der Waals surface area (Å²) in [7, 11) is -3.52. The van der Waals surface area contributed by atoms with Gasteiger partial charge in [0.15, 0.2) is 4.77 Å². The number of nitrogens with one attached hydrogen (secondary N) is 5. The number of sulfonamides is 1. The van der Waals surface area contributed by atoms with Gasteiger partial charge in [-0.3, -0.25) is 25.4 Å². The number of benzene rings is 2. The summed E-state index contributed by atoms with van der Waals surface area (Å²) >= 11 is 4.94. The van der Waals surface area contributed by atoms with Gasteiger partial charge in [0.1, 0.15) is 0 Å². The van der Waals surface area contributed by atoms with E-state index in [0.29, 0.717) is 22.2 Å². The predicted molar refractivity (Wildman–Crippen MR) is 111 cm³/mol. The van der Waals surface area contributed by atoms with Crippen molar-refractivity contribution >= 4 is 44.7 Å². The summed E-state index contributed by atoms with van der Waals surface area (Å²) in [5, 5.41) is 0.389. The second-order valence-electron chi connectivity index (χ2n) is 6.67. The lowest BCUT2D eigenvalue weighted by molar-refractivity contribution is 0.0962. The van der Waals surface area contributed by atoms with Gasteiger partial charge in [-0.15, -0.1) is 0 Å². The number of rotatable bonds is 6. The van der Waals surface area contributed by atoms with Gasteiger partial charge < -0.3 is 4.98 Å². The van der Waals surface area contributed by atoms with E-state index in [1.807, 2.05) is 0 Å². The molecule has 1 heterocycles. The number of amides is 1. The van der Waals surface area contributed by atoms with E-state index in [9.17, 15) is 18.0 Å². The molecular formula is C18H17N5O4S2. The molecule has 3 aromatic rings. The average molecular weight is 431 g/mol. The standard InChI is InChI=1S/C18H17N5O4S2/c24-16(10-1-8-14-15(9-10)19-18(28)20-17(14)25)22-21-11-4-6-13(7-5-11)29(26,27)23-12-2-3-12/h1,4-9,12,21,23H,2-3H2,(H,22,24)(H2,19,20,25,28). The molecule has 1 fully saturated rings. The van der Waals surface area contributed by atoms with Gasteiger partial charge >= 0.3 is 0 Å². The minimum absolute atomic E-state index is 0.0311. The lowest BCUT2D eigenvalue weighted by Crippen LogP contribution is -2.29. The van der Waals surface area contributed by atoms with Gasteiger partial charge in [-0.05, 0) is 67.5 Å². The molecule has 150 valence electrons. The Bertz CT molecular complexity index is 1310. The van der Waals surface area contributed by atoms with Crippen LogP contribution in [0.15, 0.2) is 52.2 Å². The van der Waals surface area contributed by atoms with Crippen LogP contribution in [0.1, 0.15) is 23.2 Å². The fourth-order valence-corrected chi connectivity index (χ4v) is 4.23. The zero-order valence-corrected chi connectivity index (χ0v) is 16.6. The minimum Gasteiger partial charge on any atom is -0.332 e. The highest BCUT2D eigenvalue weighted by Gasteiger charge is 2.27. The fourth-order valence-electron chi connectivity index (χ4n) is 2.72. The lowest BCUT2D eigenvalue weighted by atomic mass is 10.1. The van der Waals surface area contributed by atoms with E-state index in [1.54, 1.807) is 12.1 Å². The van der Waals surface area contributed by atoms with Gasteiger partial charge in [0.25, 0.3) is 11.5 Å². The summed E-state index contributed by atoms with van der Waals surface area (Å²) < 4.78 is 27.1. The smallest absolute Gasteiger partial charge is 0.269 e. The molecule has 0 saturated heterocycles. The quantitative estimate of drug-likeness (QED) is 0.298. The van der Waals surface area contributed by atoms with Crippen molar-refractivity contribution in [2.24, 2.45) is 0 Å². The molecule has 11 heteroatoms. The minimum atomic E-state index is -3.52. The summed E-state index contributed by atoms with van der Waals surface area (Å²) in [4.78, 5) is 29.7. The van der Waals surface area contributed by atoms with E-state index in [0.717, 1.165) is 12.8 Å². The van der Waals surface area contributed by atoms with Crippen molar-refractivity contribution < 1.29 is 13.2 Å². The van der Waals surface area contributed by atoms with Gasteiger partial charge in [0, 0.05) is 11.6 Å². The summed E-state index contributed by atoms with van der Waals surface area (Å²) in [6, 6.07) is 10.6. The van der Waals surface area contributed by atoms with Crippen LogP contribution < -0.4 is 21.1 Å². The van der Waals surface area contributed by atoms with Crippen molar-refractivity contribution in [3.8, 4) is 0 Å². The fraction of sp³-hybridized carbons (Fsp3) is 0.167. The average Bonchev–Trinajstić information content (AvgIpc) is 3.49. The summed E-state index contributed by atoms with van der Waals surface area (Å²) in [6.07, 6.45) is 1.72. The second-order valence-corrected chi connectivity index (χ2v) is 8.79. The number of hydrogen-bond donors (Lipinski definition) is 5. The molecule has 1 amide bonds. The molecule has 2 aromatic carbocycles. The van der Waals surface area contributed by atoms with Crippen molar-refractivity contribution in [2.45, 2.75) is 23.8 Å². The molecule has 29 heavy (non-hydrogen) atoms. The molecule has 0 bridgehead atoms. The third-order valence-corrected chi connectivity index (χ3v) is 6.13. The monoisotopic (exact) mass is 431 g/mol. The molecule has 0 radical (unpaired) electrons. The lowest BCUT2D eigenvalue weighted by Gasteiger charge is -2.10. The topological polar surface area (TPSA) is 136 Å². The number of fused-ring (bicyclic) bond motifs is 1. The van der Waals surface area contributed by atoms with E-state index in [1.165, 1.54) is 30.3 Å². The number of carbonyl (C=O) groups excluding carboxylic acids is 1. The molecule has 1 aromatic heterocycles. The molecule has 1 saturated carbocycles. The number of H-pyrrole nitrogens is 2. The van der Waals surface area contributed by atoms with Crippen molar-refractivity contribution in [3.05, 3.63) is 63.2 Å². The van der Waals surface area contributed by atoms with Crippen LogP contribution in [0.3, 0.4) is 0 Å². The first-order valence-corrected chi connectivity index (χ1v) is 10.7. The third-order valence-electron chi connectivity index (χ3n) is 4.39. The second kappa shape index (κ2) is 7.43. The molecule has 1 aliphatic carbocycles. The van der Waals surface area contributed by atoms with Crippen LogP contribution in [0.25, 0.3) is 10.9 Å². The van der Waals surface area contributed by atoms with Crippen LogP contribution in [-0.4, -0.2) is 30.3 Å².